The summed E-state index contributed by atoms with van der Waals surface area (Å²) in [5, 5.41) is 0. The number of pyridine rings is 1. The lowest BCUT2D eigenvalue weighted by atomic mass is 10.3. The number of ether oxygens (including phenoxy) is 1. The molecule has 0 aromatic carbocycles. The Morgan fingerprint density at radius 2 is 2.36 bits per heavy atom. The first-order valence-electron chi connectivity index (χ1n) is 5.77. The van der Waals surface area contributed by atoms with Crippen molar-refractivity contribution in [3.05, 3.63) is 22.3 Å². The minimum Gasteiger partial charge on any atom is -0.478 e. The predicted molar refractivity (Wildman–Crippen MR) is 48.1 cm³/mol. The summed E-state index contributed by atoms with van der Waals surface area (Å²) in [6.07, 6.45) is -4.76. The van der Waals surface area contributed by atoms with Crippen molar-refractivity contribution in [1.29, 1.82) is 0 Å². The fourth-order valence-corrected chi connectivity index (χ4v) is 1.14. The fraction of sp³-hybridized carbons (Fsp3) is 0.375. The molecule has 0 aliphatic rings. The highest BCUT2D eigenvalue weighted by molar-refractivity contribution is 9.10. The van der Waals surface area contributed by atoms with Gasteiger partial charge in [-0.05, 0) is 12.9 Å². The molecule has 0 amide bonds. The third-order valence-corrected chi connectivity index (χ3v) is 1.67. The first kappa shape index (κ1) is 5.95. The zero-order valence-electron chi connectivity index (χ0n) is 11.5. The van der Waals surface area contributed by atoms with Gasteiger partial charge < -0.3 is 4.74 Å². The van der Waals surface area contributed by atoms with Crippen molar-refractivity contribution < 1.29 is 24.8 Å². The van der Waals surface area contributed by atoms with Gasteiger partial charge >= 0.3 is 6.18 Å². The molecule has 0 saturated carbocycles. The Morgan fingerprint density at radius 1 is 1.64 bits per heavy atom. The van der Waals surface area contributed by atoms with Crippen LogP contribution in [0.4, 0.5) is 13.2 Å². The van der Waals surface area contributed by atoms with Gasteiger partial charge in [-0.15, -0.1) is 0 Å². The van der Waals surface area contributed by atoms with Crippen molar-refractivity contribution in [2.24, 2.45) is 0 Å². The smallest absolute Gasteiger partial charge is 0.433 e. The van der Waals surface area contributed by atoms with E-state index in [2.05, 4.69) is 25.7 Å². The molecule has 1 aromatic rings. The van der Waals surface area contributed by atoms with E-state index in [0.29, 0.717) is 6.07 Å². The lowest BCUT2D eigenvalue weighted by Gasteiger charge is -2.08. The lowest BCUT2D eigenvalue weighted by Crippen LogP contribution is -2.09. The molecule has 0 unspecified atom stereocenters. The molecule has 0 spiro atoms. The van der Waals surface area contributed by atoms with Crippen LogP contribution in [-0.2, 0) is 6.18 Å². The standard InChI is InChI=1S/C8H7BrF3NO/c1-2-14-7-4-5(9)3-6(13-7)8(10,11)12/h3-4H,2H2,1H3/i1D3,2D2. The van der Waals surface area contributed by atoms with E-state index in [-0.39, 0.29) is 4.47 Å². The Bertz CT molecular complexity index is 476. The Labute approximate surface area is 94.2 Å². The summed E-state index contributed by atoms with van der Waals surface area (Å²) in [5.74, 6) is -0.775. The summed E-state index contributed by atoms with van der Waals surface area (Å²) >= 11 is 2.78. The van der Waals surface area contributed by atoms with Gasteiger partial charge in [0.15, 0.2) is 0 Å². The summed E-state index contributed by atoms with van der Waals surface area (Å²) in [6, 6.07) is 1.61. The minimum atomic E-state index is -4.76. The quantitative estimate of drug-likeness (QED) is 0.826. The topological polar surface area (TPSA) is 22.1 Å². The number of hydrogen-bond acceptors (Lipinski definition) is 2. The molecule has 0 N–H and O–H groups in total. The van der Waals surface area contributed by atoms with Crippen molar-refractivity contribution in [3.63, 3.8) is 0 Å². The largest absolute Gasteiger partial charge is 0.478 e. The van der Waals surface area contributed by atoms with E-state index in [1.807, 2.05) is 0 Å². The second-order valence-electron chi connectivity index (χ2n) is 2.21. The van der Waals surface area contributed by atoms with Gasteiger partial charge in [-0.25, -0.2) is 4.98 Å². The van der Waals surface area contributed by atoms with Crippen LogP contribution in [0.25, 0.3) is 0 Å². The molecule has 0 aliphatic heterocycles. The van der Waals surface area contributed by atoms with E-state index in [1.54, 1.807) is 0 Å². The van der Waals surface area contributed by atoms with Gasteiger partial charge in [-0.2, -0.15) is 13.2 Å². The number of aromatic nitrogens is 1. The van der Waals surface area contributed by atoms with Crippen molar-refractivity contribution in [2.75, 3.05) is 6.56 Å². The van der Waals surface area contributed by atoms with Crippen LogP contribution in [0, 0.1) is 0 Å². The molecule has 1 rings (SSSR count). The molecule has 6 heteroatoms. The molecule has 2 nitrogen and oxygen atoms in total. The zero-order chi connectivity index (χ0) is 15.1. The first-order valence-corrected chi connectivity index (χ1v) is 4.06. The van der Waals surface area contributed by atoms with E-state index in [9.17, 15) is 13.2 Å². The first-order chi connectivity index (χ1) is 8.33. The van der Waals surface area contributed by atoms with Crippen LogP contribution in [0.3, 0.4) is 0 Å². The third-order valence-electron chi connectivity index (χ3n) is 1.21. The summed E-state index contributed by atoms with van der Waals surface area (Å²) in [4.78, 5) is 3.04. The van der Waals surface area contributed by atoms with Gasteiger partial charge in [-0.3, -0.25) is 0 Å². The van der Waals surface area contributed by atoms with Crippen molar-refractivity contribution in [3.8, 4) is 5.88 Å². The number of hydrogen-bond donors (Lipinski definition) is 0. The van der Waals surface area contributed by atoms with Gasteiger partial charge in [0.1, 0.15) is 5.69 Å². The molecule has 78 valence electrons. The highest BCUT2D eigenvalue weighted by atomic mass is 79.9. The number of nitrogens with zero attached hydrogens (tertiary/aromatic N) is 1. The predicted octanol–water partition coefficient (Wildman–Crippen LogP) is 3.26. The SMILES string of the molecule is [2H]C([2H])([2H])C([2H])([2H])Oc1cc(Br)cc(C(F)(F)F)n1. The molecule has 0 bridgehead atoms. The van der Waals surface area contributed by atoms with E-state index < -0.39 is 31.2 Å². The monoisotopic (exact) mass is 274 g/mol. The normalized spacial score (nSPS) is 18.7. The van der Waals surface area contributed by atoms with Gasteiger partial charge in [0.05, 0.1) is 9.30 Å². The van der Waals surface area contributed by atoms with E-state index in [4.69, 9.17) is 6.85 Å². The molecular weight excluding hydrogens is 263 g/mol. The zero-order valence-corrected chi connectivity index (χ0v) is 8.11. The second kappa shape index (κ2) is 4.16. The summed E-state index contributed by atoms with van der Waals surface area (Å²) in [7, 11) is 0. The molecule has 1 aromatic heterocycles. The van der Waals surface area contributed by atoms with Crippen LogP contribution in [-0.4, -0.2) is 11.5 Å². The van der Waals surface area contributed by atoms with Gasteiger partial charge in [0.25, 0.3) is 0 Å². The van der Waals surface area contributed by atoms with Crippen LogP contribution in [0.1, 0.15) is 19.4 Å². The average molecular weight is 275 g/mol. The minimum absolute atomic E-state index is 0.0637. The Kier molecular flexibility index (Phi) is 1.77. The highest BCUT2D eigenvalue weighted by Crippen LogP contribution is 2.31. The van der Waals surface area contributed by atoms with Gasteiger partial charge in [0, 0.05) is 14.7 Å². The molecule has 0 fully saturated rings. The number of alkyl halides is 3. The summed E-state index contributed by atoms with van der Waals surface area (Å²) < 4.78 is 76.7. The van der Waals surface area contributed by atoms with Crippen LogP contribution in [0.15, 0.2) is 16.6 Å². The molecule has 0 atom stereocenters. The molecule has 0 aliphatic carbocycles. The van der Waals surface area contributed by atoms with Gasteiger partial charge in [0.2, 0.25) is 5.88 Å². The highest BCUT2D eigenvalue weighted by Gasteiger charge is 2.33. The second-order valence-corrected chi connectivity index (χ2v) is 3.13. The number of halogens is 4. The molecule has 0 saturated heterocycles. The summed E-state index contributed by atoms with van der Waals surface area (Å²) in [5.41, 5.74) is -1.32. The molecule has 14 heavy (non-hydrogen) atoms. The van der Waals surface area contributed by atoms with E-state index >= 15 is 0 Å². The average Bonchev–Trinajstić information content (AvgIpc) is 2.12. The Balaban J connectivity index is 3.13. The van der Waals surface area contributed by atoms with Gasteiger partial charge in [-0.1, -0.05) is 15.9 Å². The third kappa shape index (κ3) is 2.87. The Morgan fingerprint density at radius 3 is 2.93 bits per heavy atom. The maximum Gasteiger partial charge on any atom is 0.433 e. The maximum absolute atomic E-state index is 12.5. The lowest BCUT2D eigenvalue weighted by molar-refractivity contribution is -0.141. The van der Waals surface area contributed by atoms with E-state index in [0.717, 1.165) is 6.07 Å². The Hall–Kier alpha value is -0.780. The van der Waals surface area contributed by atoms with Crippen molar-refractivity contribution >= 4 is 15.9 Å². The van der Waals surface area contributed by atoms with Crippen LogP contribution in [0.2, 0.25) is 0 Å². The van der Waals surface area contributed by atoms with Crippen LogP contribution >= 0.6 is 15.9 Å². The number of rotatable bonds is 2. The molecule has 0 radical (unpaired) electrons. The molecular formula is C8H7BrF3NO. The van der Waals surface area contributed by atoms with E-state index in [1.165, 1.54) is 0 Å². The van der Waals surface area contributed by atoms with Crippen molar-refractivity contribution in [2.45, 2.75) is 13.0 Å². The van der Waals surface area contributed by atoms with Crippen molar-refractivity contribution in [1.82, 2.24) is 4.98 Å². The van der Waals surface area contributed by atoms with Crippen LogP contribution < -0.4 is 4.74 Å². The summed E-state index contributed by atoms with van der Waals surface area (Å²) in [6.45, 7) is -6.31. The fourth-order valence-electron chi connectivity index (χ4n) is 0.723. The maximum atomic E-state index is 12.5. The van der Waals surface area contributed by atoms with Crippen LogP contribution in [0.5, 0.6) is 5.88 Å². The molecule has 1 heterocycles.